The van der Waals surface area contributed by atoms with Crippen LogP contribution in [0.3, 0.4) is 0 Å². The third-order valence-electron chi connectivity index (χ3n) is 2.00. The lowest BCUT2D eigenvalue weighted by Gasteiger charge is -2.06. The van der Waals surface area contributed by atoms with E-state index in [1.165, 1.54) is 6.92 Å². The first-order valence-corrected chi connectivity index (χ1v) is 5.21. The first-order valence-electron chi connectivity index (χ1n) is 5.21. The molecule has 0 aliphatic rings. The van der Waals surface area contributed by atoms with Crippen LogP contribution in [0.25, 0.3) is 0 Å². The van der Waals surface area contributed by atoms with Crippen LogP contribution in [0, 0.1) is 5.82 Å². The molecule has 0 aliphatic heterocycles. The molecule has 0 spiro atoms. The number of hydrogen-bond donors (Lipinski definition) is 1. The van der Waals surface area contributed by atoms with Crippen molar-refractivity contribution in [3.63, 3.8) is 0 Å². The number of H-pyrrole nitrogens is 1. The quantitative estimate of drug-likeness (QED) is 0.427. The first-order chi connectivity index (χ1) is 8.50. The highest BCUT2D eigenvalue weighted by Crippen LogP contribution is 1.90. The average molecular weight is 260 g/mol. The van der Waals surface area contributed by atoms with E-state index in [4.69, 9.17) is 4.74 Å². The van der Waals surface area contributed by atoms with E-state index in [0.717, 1.165) is 10.8 Å². The van der Waals surface area contributed by atoms with Crippen molar-refractivity contribution in [3.8, 4) is 0 Å². The number of esters is 1. The predicted molar refractivity (Wildman–Crippen MR) is 58.5 cm³/mol. The summed E-state index contributed by atoms with van der Waals surface area (Å²) in [5.74, 6) is -1.47. The van der Waals surface area contributed by atoms with Crippen molar-refractivity contribution in [2.45, 2.75) is 19.9 Å². The standard InChI is InChI=1S/C10H13FN2O5/c1-7(14)18-6-17-4-2-3-13-5-8(11)9(15)12-10(13)16/h5H,2-4,6H2,1H3,(H,12,15,16). The Hall–Kier alpha value is -1.96. The van der Waals surface area contributed by atoms with E-state index in [-0.39, 0.29) is 19.9 Å². The second-order valence-electron chi connectivity index (χ2n) is 3.45. The van der Waals surface area contributed by atoms with Crippen molar-refractivity contribution in [1.82, 2.24) is 9.55 Å². The molecule has 0 fully saturated rings. The SMILES string of the molecule is CC(=O)OCOCCCn1cc(F)c(=O)[nH]c1=O. The Morgan fingerprint density at radius 1 is 1.50 bits per heavy atom. The van der Waals surface area contributed by atoms with Gasteiger partial charge in [0.25, 0.3) is 5.56 Å². The summed E-state index contributed by atoms with van der Waals surface area (Å²) in [5, 5.41) is 0. The van der Waals surface area contributed by atoms with Crippen LogP contribution in [0.5, 0.6) is 0 Å². The Labute approximate surface area is 101 Å². The molecule has 0 saturated heterocycles. The molecular formula is C10H13FN2O5. The van der Waals surface area contributed by atoms with Crippen LogP contribution >= 0.6 is 0 Å². The number of carbonyl (C=O) groups excluding carboxylic acids is 1. The van der Waals surface area contributed by atoms with Crippen molar-refractivity contribution >= 4 is 5.97 Å². The second kappa shape index (κ2) is 6.70. The molecule has 1 aromatic heterocycles. The Morgan fingerprint density at radius 2 is 2.22 bits per heavy atom. The molecule has 7 nitrogen and oxygen atoms in total. The van der Waals surface area contributed by atoms with Crippen molar-refractivity contribution in [2.75, 3.05) is 13.4 Å². The molecule has 0 bridgehead atoms. The second-order valence-corrected chi connectivity index (χ2v) is 3.45. The van der Waals surface area contributed by atoms with Crippen LogP contribution < -0.4 is 11.2 Å². The van der Waals surface area contributed by atoms with Crippen molar-refractivity contribution in [1.29, 1.82) is 0 Å². The van der Waals surface area contributed by atoms with E-state index in [1.54, 1.807) is 0 Å². The number of aromatic nitrogens is 2. The van der Waals surface area contributed by atoms with Gasteiger partial charge in [-0.25, -0.2) is 4.79 Å². The lowest BCUT2D eigenvalue weighted by molar-refractivity contribution is -0.153. The van der Waals surface area contributed by atoms with Gasteiger partial charge in [0.1, 0.15) is 0 Å². The molecule has 100 valence electrons. The summed E-state index contributed by atoms with van der Waals surface area (Å²) < 4.78 is 23.4. The number of nitrogens with zero attached hydrogens (tertiary/aromatic N) is 1. The summed E-state index contributed by atoms with van der Waals surface area (Å²) in [6.45, 7) is 1.52. The fourth-order valence-electron chi connectivity index (χ4n) is 1.17. The van der Waals surface area contributed by atoms with E-state index in [0.29, 0.717) is 6.42 Å². The lowest BCUT2D eigenvalue weighted by Crippen LogP contribution is -2.31. The number of aromatic amines is 1. The number of hydrogen-bond acceptors (Lipinski definition) is 5. The zero-order valence-corrected chi connectivity index (χ0v) is 9.77. The molecule has 0 amide bonds. The van der Waals surface area contributed by atoms with E-state index < -0.39 is 23.0 Å². The van der Waals surface area contributed by atoms with Gasteiger partial charge in [0.05, 0.1) is 12.8 Å². The highest BCUT2D eigenvalue weighted by atomic mass is 19.1. The third-order valence-corrected chi connectivity index (χ3v) is 2.00. The maximum absolute atomic E-state index is 12.9. The molecule has 0 unspecified atom stereocenters. The molecule has 1 aromatic rings. The molecule has 0 atom stereocenters. The molecule has 18 heavy (non-hydrogen) atoms. The monoisotopic (exact) mass is 260 g/mol. The molecule has 8 heteroatoms. The maximum Gasteiger partial charge on any atom is 0.328 e. The van der Waals surface area contributed by atoms with Crippen molar-refractivity contribution in [2.24, 2.45) is 0 Å². The van der Waals surface area contributed by atoms with Gasteiger partial charge < -0.3 is 9.47 Å². The average Bonchev–Trinajstić information content (AvgIpc) is 2.29. The van der Waals surface area contributed by atoms with Crippen LogP contribution in [-0.4, -0.2) is 28.9 Å². The van der Waals surface area contributed by atoms with Crippen molar-refractivity contribution in [3.05, 3.63) is 32.9 Å². The van der Waals surface area contributed by atoms with Crippen LogP contribution in [0.15, 0.2) is 15.8 Å². The minimum absolute atomic E-state index is 0.162. The summed E-state index contributed by atoms with van der Waals surface area (Å²) in [7, 11) is 0. The number of ether oxygens (including phenoxy) is 2. The molecule has 1 rings (SSSR count). The van der Waals surface area contributed by atoms with Crippen LogP contribution in [0.1, 0.15) is 13.3 Å². The normalized spacial score (nSPS) is 10.3. The Balaban J connectivity index is 2.36. The fraction of sp³-hybridized carbons (Fsp3) is 0.500. The number of nitrogens with one attached hydrogen (secondary N) is 1. The van der Waals surface area contributed by atoms with Crippen LogP contribution in [0.2, 0.25) is 0 Å². The number of aryl methyl sites for hydroxylation is 1. The number of halogens is 1. The van der Waals surface area contributed by atoms with Gasteiger partial charge in [0, 0.05) is 13.5 Å². The van der Waals surface area contributed by atoms with E-state index in [9.17, 15) is 18.8 Å². The zero-order valence-electron chi connectivity index (χ0n) is 9.77. The molecule has 0 aliphatic carbocycles. The van der Waals surface area contributed by atoms with Gasteiger partial charge in [0.15, 0.2) is 6.79 Å². The van der Waals surface area contributed by atoms with E-state index in [1.807, 2.05) is 4.98 Å². The molecule has 0 radical (unpaired) electrons. The van der Waals surface area contributed by atoms with Gasteiger partial charge in [-0.2, -0.15) is 4.39 Å². The summed E-state index contributed by atoms with van der Waals surface area (Å²) in [4.78, 5) is 34.2. The topological polar surface area (TPSA) is 90.4 Å². The van der Waals surface area contributed by atoms with Gasteiger partial charge in [0.2, 0.25) is 5.82 Å². The molecule has 1 N–H and O–H groups in total. The van der Waals surface area contributed by atoms with Crippen LogP contribution in [0.4, 0.5) is 4.39 Å². The Bertz CT molecular complexity index is 522. The number of rotatable bonds is 6. The predicted octanol–water partition coefficient (Wildman–Crippen LogP) is -0.397. The van der Waals surface area contributed by atoms with Gasteiger partial charge in [-0.1, -0.05) is 0 Å². The Kier molecular flexibility index (Phi) is 5.25. The highest BCUT2D eigenvalue weighted by Gasteiger charge is 2.03. The first kappa shape index (κ1) is 14.1. The minimum Gasteiger partial charge on any atom is -0.439 e. The van der Waals surface area contributed by atoms with E-state index in [2.05, 4.69) is 4.74 Å². The number of carbonyl (C=O) groups is 1. The van der Waals surface area contributed by atoms with Crippen molar-refractivity contribution < 1.29 is 18.7 Å². The summed E-state index contributed by atoms with van der Waals surface area (Å²) in [5.41, 5.74) is -1.72. The third kappa shape index (κ3) is 4.50. The van der Waals surface area contributed by atoms with Gasteiger partial charge >= 0.3 is 11.7 Å². The van der Waals surface area contributed by atoms with Gasteiger partial charge in [-0.15, -0.1) is 0 Å². The fourth-order valence-corrected chi connectivity index (χ4v) is 1.17. The van der Waals surface area contributed by atoms with Gasteiger partial charge in [-0.3, -0.25) is 19.1 Å². The maximum atomic E-state index is 12.9. The smallest absolute Gasteiger partial charge is 0.328 e. The molecule has 1 heterocycles. The summed E-state index contributed by atoms with van der Waals surface area (Å²) in [6, 6.07) is 0. The Morgan fingerprint density at radius 3 is 2.89 bits per heavy atom. The lowest BCUT2D eigenvalue weighted by atomic mass is 10.4. The molecule has 0 aromatic carbocycles. The largest absolute Gasteiger partial charge is 0.439 e. The zero-order chi connectivity index (χ0) is 13.5. The molecular weight excluding hydrogens is 247 g/mol. The van der Waals surface area contributed by atoms with Gasteiger partial charge in [-0.05, 0) is 6.42 Å². The van der Waals surface area contributed by atoms with E-state index >= 15 is 0 Å². The summed E-state index contributed by atoms with van der Waals surface area (Å²) >= 11 is 0. The summed E-state index contributed by atoms with van der Waals surface area (Å²) in [6.07, 6.45) is 1.25. The van der Waals surface area contributed by atoms with Crippen LogP contribution in [-0.2, 0) is 20.8 Å². The minimum atomic E-state index is -1.04. The molecule has 0 saturated carbocycles. The highest BCUT2D eigenvalue weighted by molar-refractivity contribution is 5.65.